The molecule has 15 heavy (non-hydrogen) atoms. The minimum absolute atomic E-state index is 0.0556. The molecule has 1 N–H and O–H groups in total. The third-order valence-corrected chi connectivity index (χ3v) is 3.03. The van der Waals surface area contributed by atoms with Gasteiger partial charge in [-0.05, 0) is 31.6 Å². The molecule has 2 rings (SSSR count). The maximum absolute atomic E-state index is 12.2. The van der Waals surface area contributed by atoms with E-state index in [0.29, 0.717) is 0 Å². The molecule has 0 saturated heterocycles. The van der Waals surface area contributed by atoms with E-state index in [0.717, 1.165) is 25.7 Å². The van der Waals surface area contributed by atoms with Crippen molar-refractivity contribution in [2.45, 2.75) is 44.0 Å². The van der Waals surface area contributed by atoms with E-state index in [9.17, 15) is 18.3 Å². The van der Waals surface area contributed by atoms with Crippen molar-refractivity contribution in [3.8, 4) is 0 Å². The van der Waals surface area contributed by atoms with Crippen LogP contribution in [0.25, 0.3) is 0 Å². The van der Waals surface area contributed by atoms with Crippen molar-refractivity contribution in [2.24, 2.45) is 5.92 Å². The van der Waals surface area contributed by atoms with Crippen LogP contribution in [0.3, 0.4) is 0 Å². The van der Waals surface area contributed by atoms with E-state index in [2.05, 4.69) is 0 Å². The van der Waals surface area contributed by atoms with Crippen molar-refractivity contribution in [1.82, 2.24) is 4.90 Å². The average molecular weight is 223 g/mol. The molecule has 2 fully saturated rings. The van der Waals surface area contributed by atoms with Gasteiger partial charge in [0, 0.05) is 12.6 Å². The van der Waals surface area contributed by atoms with Gasteiger partial charge in [-0.3, -0.25) is 4.90 Å². The Bertz CT molecular complexity index is 223. The molecule has 2 saturated carbocycles. The average Bonchev–Trinajstić information content (AvgIpc) is 2.95. The molecule has 0 aromatic carbocycles. The standard InChI is InChI=1S/C10H16F3NO/c11-10(12,13)6-14(8-3-4-8)5-9(15)7-1-2-7/h7-9,15H,1-6H2. The Morgan fingerprint density at radius 1 is 1.20 bits per heavy atom. The molecular weight excluding hydrogens is 207 g/mol. The number of aliphatic hydroxyl groups excluding tert-OH is 1. The van der Waals surface area contributed by atoms with Crippen LogP contribution in [-0.4, -0.2) is 41.4 Å². The van der Waals surface area contributed by atoms with Crippen LogP contribution in [0.2, 0.25) is 0 Å². The van der Waals surface area contributed by atoms with Crippen LogP contribution in [0, 0.1) is 5.92 Å². The molecular formula is C10H16F3NO. The molecule has 2 nitrogen and oxygen atoms in total. The van der Waals surface area contributed by atoms with E-state index in [1.807, 2.05) is 0 Å². The molecule has 0 amide bonds. The van der Waals surface area contributed by atoms with Crippen LogP contribution in [-0.2, 0) is 0 Å². The molecule has 2 aliphatic carbocycles. The second-order valence-corrected chi connectivity index (χ2v) is 4.68. The van der Waals surface area contributed by atoms with E-state index in [1.54, 1.807) is 0 Å². The zero-order valence-corrected chi connectivity index (χ0v) is 8.50. The van der Waals surface area contributed by atoms with Gasteiger partial charge in [-0.2, -0.15) is 13.2 Å². The van der Waals surface area contributed by atoms with E-state index < -0.39 is 18.8 Å². The van der Waals surface area contributed by atoms with Crippen LogP contribution >= 0.6 is 0 Å². The summed E-state index contributed by atoms with van der Waals surface area (Å²) in [5.41, 5.74) is 0. The van der Waals surface area contributed by atoms with Crippen LogP contribution < -0.4 is 0 Å². The summed E-state index contributed by atoms with van der Waals surface area (Å²) in [4.78, 5) is 1.39. The van der Waals surface area contributed by atoms with E-state index in [1.165, 1.54) is 4.90 Å². The molecule has 5 heteroatoms. The van der Waals surface area contributed by atoms with Gasteiger partial charge in [0.1, 0.15) is 0 Å². The summed E-state index contributed by atoms with van der Waals surface area (Å²) in [7, 11) is 0. The van der Waals surface area contributed by atoms with Crippen LogP contribution in [0.15, 0.2) is 0 Å². The van der Waals surface area contributed by atoms with Crippen LogP contribution in [0.4, 0.5) is 13.2 Å². The highest BCUT2D eigenvalue weighted by Crippen LogP contribution is 2.35. The van der Waals surface area contributed by atoms with Crippen molar-refractivity contribution >= 4 is 0 Å². The molecule has 0 spiro atoms. The van der Waals surface area contributed by atoms with Gasteiger partial charge in [-0.15, -0.1) is 0 Å². The molecule has 1 atom stereocenters. The monoisotopic (exact) mass is 223 g/mol. The Morgan fingerprint density at radius 3 is 2.20 bits per heavy atom. The first kappa shape index (κ1) is 11.2. The minimum atomic E-state index is -4.15. The first-order valence-corrected chi connectivity index (χ1v) is 5.44. The lowest BCUT2D eigenvalue weighted by atomic mass is 10.2. The molecule has 1 unspecified atom stereocenters. The number of halogens is 3. The molecule has 0 aromatic heterocycles. The second kappa shape index (κ2) is 3.94. The van der Waals surface area contributed by atoms with E-state index >= 15 is 0 Å². The summed E-state index contributed by atoms with van der Waals surface area (Å²) >= 11 is 0. The van der Waals surface area contributed by atoms with Gasteiger partial charge in [0.15, 0.2) is 0 Å². The van der Waals surface area contributed by atoms with Gasteiger partial charge in [-0.25, -0.2) is 0 Å². The number of alkyl halides is 3. The van der Waals surface area contributed by atoms with Crippen molar-refractivity contribution < 1.29 is 18.3 Å². The normalized spacial score (nSPS) is 24.6. The SMILES string of the molecule is OC(CN(CC(F)(F)F)C1CC1)C1CC1. The van der Waals surface area contributed by atoms with Gasteiger partial charge >= 0.3 is 6.18 Å². The molecule has 0 heterocycles. The van der Waals surface area contributed by atoms with Gasteiger partial charge in [-0.1, -0.05) is 0 Å². The Hall–Kier alpha value is -0.290. The fourth-order valence-corrected chi connectivity index (χ4v) is 1.88. The predicted molar refractivity (Wildman–Crippen MR) is 49.4 cm³/mol. The summed E-state index contributed by atoms with van der Waals surface area (Å²) in [6.07, 6.45) is -1.10. The zero-order valence-electron chi connectivity index (χ0n) is 8.50. The summed E-state index contributed by atoms with van der Waals surface area (Å²) < 4.78 is 36.7. The van der Waals surface area contributed by atoms with Crippen LogP contribution in [0.5, 0.6) is 0 Å². The lowest BCUT2D eigenvalue weighted by Crippen LogP contribution is -2.41. The molecule has 2 aliphatic rings. The maximum Gasteiger partial charge on any atom is 0.401 e. The molecule has 0 aromatic rings. The van der Waals surface area contributed by atoms with Crippen LogP contribution in [0.1, 0.15) is 25.7 Å². The van der Waals surface area contributed by atoms with Gasteiger partial charge in [0.2, 0.25) is 0 Å². The minimum Gasteiger partial charge on any atom is -0.392 e. The Kier molecular flexibility index (Phi) is 2.94. The molecule has 88 valence electrons. The number of rotatable bonds is 5. The first-order valence-electron chi connectivity index (χ1n) is 5.44. The van der Waals surface area contributed by atoms with Gasteiger partial charge in [0.25, 0.3) is 0 Å². The topological polar surface area (TPSA) is 23.5 Å². The quantitative estimate of drug-likeness (QED) is 0.768. The number of nitrogens with zero attached hydrogens (tertiary/aromatic N) is 1. The lowest BCUT2D eigenvalue weighted by molar-refractivity contribution is -0.150. The Balaban J connectivity index is 1.82. The number of hydrogen-bond acceptors (Lipinski definition) is 2. The predicted octanol–water partition coefficient (Wildman–Crippen LogP) is 1.78. The van der Waals surface area contributed by atoms with Crippen molar-refractivity contribution in [3.63, 3.8) is 0 Å². The first-order chi connectivity index (χ1) is 6.96. The van der Waals surface area contributed by atoms with E-state index in [4.69, 9.17) is 0 Å². The lowest BCUT2D eigenvalue weighted by Gasteiger charge is -2.25. The summed E-state index contributed by atoms with van der Waals surface area (Å²) in [6.45, 7) is -0.684. The van der Waals surface area contributed by atoms with Crippen molar-refractivity contribution in [1.29, 1.82) is 0 Å². The number of hydrogen-bond donors (Lipinski definition) is 1. The summed E-state index contributed by atoms with van der Waals surface area (Å²) in [5, 5.41) is 9.62. The van der Waals surface area contributed by atoms with Gasteiger partial charge in [0.05, 0.1) is 12.6 Å². The molecule has 0 radical (unpaired) electrons. The fraction of sp³-hybridized carbons (Fsp3) is 1.00. The summed E-state index contributed by atoms with van der Waals surface area (Å²) in [6, 6.07) is 0.0556. The largest absolute Gasteiger partial charge is 0.401 e. The highest BCUT2D eigenvalue weighted by Gasteiger charge is 2.40. The number of aliphatic hydroxyl groups is 1. The van der Waals surface area contributed by atoms with E-state index in [-0.39, 0.29) is 18.5 Å². The third kappa shape index (κ3) is 3.65. The molecule has 0 aliphatic heterocycles. The third-order valence-electron chi connectivity index (χ3n) is 3.03. The Labute approximate surface area is 87.1 Å². The van der Waals surface area contributed by atoms with Crippen molar-refractivity contribution in [3.05, 3.63) is 0 Å². The summed E-state index contributed by atoms with van der Waals surface area (Å²) in [5.74, 6) is 0.250. The maximum atomic E-state index is 12.2. The van der Waals surface area contributed by atoms with Crippen molar-refractivity contribution in [2.75, 3.05) is 13.1 Å². The zero-order chi connectivity index (χ0) is 11.1. The van der Waals surface area contributed by atoms with Gasteiger partial charge < -0.3 is 5.11 Å². The highest BCUT2D eigenvalue weighted by atomic mass is 19.4. The highest BCUT2D eigenvalue weighted by molar-refractivity contribution is 4.90. The smallest absolute Gasteiger partial charge is 0.392 e. The fourth-order valence-electron chi connectivity index (χ4n) is 1.88. The molecule has 0 bridgehead atoms. The second-order valence-electron chi connectivity index (χ2n) is 4.68. The Morgan fingerprint density at radius 2 is 1.80 bits per heavy atom.